The van der Waals surface area contributed by atoms with Gasteiger partial charge in [0.1, 0.15) is 12.4 Å². The first-order valence-corrected chi connectivity index (χ1v) is 13.2. The van der Waals surface area contributed by atoms with Crippen LogP contribution in [0, 0.1) is 21.4 Å². The Labute approximate surface area is 234 Å². The summed E-state index contributed by atoms with van der Waals surface area (Å²) in [5.41, 5.74) is 1.35. The minimum absolute atomic E-state index is 0.0228. The summed E-state index contributed by atoms with van der Waals surface area (Å²) in [6.07, 6.45) is 2.12. The fourth-order valence-electron chi connectivity index (χ4n) is 3.76. The van der Waals surface area contributed by atoms with Gasteiger partial charge in [0.25, 0.3) is 5.56 Å². The Balaban J connectivity index is 1.74. The highest BCUT2D eigenvalue weighted by Crippen LogP contribution is 2.37. The van der Waals surface area contributed by atoms with Gasteiger partial charge in [0.15, 0.2) is 0 Å². The molecular weight excluding hydrogens is 618 g/mol. The number of nitro benzene ring substituents is 1. The molecule has 192 valence electrons. The fourth-order valence-corrected chi connectivity index (χ4v) is 4.70. The van der Waals surface area contributed by atoms with Gasteiger partial charge in [-0.3, -0.25) is 14.9 Å². The number of nitro groups is 1. The van der Waals surface area contributed by atoms with Gasteiger partial charge >= 0.3 is 5.69 Å². The number of aromatic nitrogens is 2. The first-order chi connectivity index (χ1) is 18.2. The lowest BCUT2D eigenvalue weighted by atomic mass is 10.1. The molecule has 0 saturated carbocycles. The maximum atomic E-state index is 13.3. The average Bonchev–Trinajstić information content (AvgIpc) is 2.91. The summed E-state index contributed by atoms with van der Waals surface area (Å²) >= 11 is 6.75. The lowest BCUT2D eigenvalue weighted by Crippen LogP contribution is -2.23. The fraction of sp³-hybridized carbons (Fsp3) is 0.185. The topological polar surface area (TPSA) is 123 Å². The van der Waals surface area contributed by atoms with E-state index >= 15 is 0 Å². The van der Waals surface area contributed by atoms with Gasteiger partial charge in [0.2, 0.25) is 5.75 Å². The van der Waals surface area contributed by atoms with Gasteiger partial charge < -0.3 is 4.74 Å². The van der Waals surface area contributed by atoms with Crippen molar-refractivity contribution >= 4 is 54.7 Å². The molecule has 1 atom stereocenters. The van der Waals surface area contributed by atoms with Crippen molar-refractivity contribution in [2.24, 2.45) is 5.10 Å². The quantitative estimate of drug-likeness (QED) is 0.121. The number of benzene rings is 3. The Morgan fingerprint density at radius 3 is 2.71 bits per heavy atom. The molecule has 0 N–H and O–H groups in total. The summed E-state index contributed by atoms with van der Waals surface area (Å²) in [4.78, 5) is 29.3. The molecule has 0 aliphatic heterocycles. The first-order valence-electron chi connectivity index (χ1n) is 11.6. The normalized spacial score (nSPS) is 12.0. The van der Waals surface area contributed by atoms with Crippen LogP contribution in [0.25, 0.3) is 10.9 Å². The van der Waals surface area contributed by atoms with Gasteiger partial charge in [0, 0.05) is 27.6 Å². The van der Waals surface area contributed by atoms with E-state index < -0.39 is 4.92 Å². The Morgan fingerprint density at radius 1 is 1.24 bits per heavy atom. The van der Waals surface area contributed by atoms with E-state index in [1.807, 2.05) is 19.9 Å². The zero-order valence-corrected chi connectivity index (χ0v) is 23.6. The van der Waals surface area contributed by atoms with Crippen LogP contribution in [0.15, 0.2) is 73.4 Å². The summed E-state index contributed by atoms with van der Waals surface area (Å²) in [7, 11) is 0. The van der Waals surface area contributed by atoms with E-state index in [2.05, 4.69) is 48.0 Å². The van der Waals surface area contributed by atoms with Gasteiger partial charge in [0.05, 0.1) is 38.1 Å². The molecule has 1 heterocycles. The van der Waals surface area contributed by atoms with Crippen LogP contribution in [-0.2, 0) is 6.61 Å². The van der Waals surface area contributed by atoms with E-state index in [9.17, 15) is 20.2 Å². The maximum Gasteiger partial charge on any atom is 0.312 e. The molecule has 4 rings (SSSR count). The Kier molecular flexibility index (Phi) is 8.34. The standard InChI is InChI=1S/C27H21Br2N5O4/c1-3-16(2)26-32-23-9-8-20(28)12-21(23)27(35)33(26)31-14-17-10-22(29)25(24(11-17)34(36)37)38-15-19-7-5-4-6-18(19)13-30/h4-12,14,16H,3,15H2,1-2H3/t16-/m1/s1. The molecule has 0 spiro atoms. The van der Waals surface area contributed by atoms with Crippen LogP contribution in [0.3, 0.4) is 0 Å². The molecule has 0 bridgehead atoms. The van der Waals surface area contributed by atoms with Crippen LogP contribution >= 0.6 is 31.9 Å². The van der Waals surface area contributed by atoms with Crippen LogP contribution in [0.5, 0.6) is 5.75 Å². The Hall–Kier alpha value is -3.88. The van der Waals surface area contributed by atoms with Crippen molar-refractivity contribution < 1.29 is 9.66 Å². The van der Waals surface area contributed by atoms with Gasteiger partial charge in [-0.2, -0.15) is 15.0 Å². The highest BCUT2D eigenvalue weighted by atomic mass is 79.9. The molecule has 3 aromatic carbocycles. The van der Waals surface area contributed by atoms with E-state index in [1.165, 1.54) is 17.0 Å². The number of fused-ring (bicyclic) bond motifs is 1. The third-order valence-electron chi connectivity index (χ3n) is 5.96. The third kappa shape index (κ3) is 5.66. The maximum absolute atomic E-state index is 13.3. The molecule has 0 unspecified atom stereocenters. The summed E-state index contributed by atoms with van der Waals surface area (Å²) in [5, 5.41) is 26.0. The predicted octanol–water partition coefficient (Wildman–Crippen LogP) is 6.68. The lowest BCUT2D eigenvalue weighted by molar-refractivity contribution is -0.386. The summed E-state index contributed by atoms with van der Waals surface area (Å²) in [6, 6.07) is 17.2. The lowest BCUT2D eigenvalue weighted by Gasteiger charge is -2.14. The second-order valence-corrected chi connectivity index (χ2v) is 10.2. The Morgan fingerprint density at radius 2 is 2.00 bits per heavy atom. The molecule has 4 aromatic rings. The zero-order valence-electron chi connectivity index (χ0n) is 20.4. The van der Waals surface area contributed by atoms with Gasteiger partial charge in [-0.25, -0.2) is 4.98 Å². The van der Waals surface area contributed by atoms with Gasteiger partial charge in [-0.05, 0) is 52.7 Å². The number of halogens is 2. The largest absolute Gasteiger partial charge is 0.481 e. The van der Waals surface area contributed by atoms with Crippen LogP contribution < -0.4 is 10.3 Å². The van der Waals surface area contributed by atoms with Gasteiger partial charge in [-0.15, -0.1) is 0 Å². The molecule has 0 aliphatic rings. The summed E-state index contributed by atoms with van der Waals surface area (Å²) in [5.74, 6) is 0.462. The number of rotatable bonds is 8. The molecule has 0 fully saturated rings. The average molecular weight is 639 g/mol. The first kappa shape index (κ1) is 27.2. The van der Waals surface area contributed by atoms with Crippen LogP contribution in [0.2, 0.25) is 0 Å². The number of hydrogen-bond donors (Lipinski definition) is 0. The van der Waals surface area contributed by atoms with E-state index in [1.54, 1.807) is 42.5 Å². The van der Waals surface area contributed by atoms with Crippen molar-refractivity contribution in [3.05, 3.63) is 107 Å². The summed E-state index contributed by atoms with van der Waals surface area (Å²) < 4.78 is 8.08. The molecule has 38 heavy (non-hydrogen) atoms. The minimum atomic E-state index is -0.556. The molecule has 0 amide bonds. The third-order valence-corrected chi connectivity index (χ3v) is 7.04. The van der Waals surface area contributed by atoms with Crippen molar-refractivity contribution in [1.29, 1.82) is 5.26 Å². The molecule has 0 radical (unpaired) electrons. The molecular formula is C27H21Br2N5O4. The highest BCUT2D eigenvalue weighted by molar-refractivity contribution is 9.10. The van der Waals surface area contributed by atoms with Crippen LogP contribution in [0.4, 0.5) is 5.69 Å². The van der Waals surface area contributed by atoms with Crippen molar-refractivity contribution in [2.45, 2.75) is 32.8 Å². The van der Waals surface area contributed by atoms with Crippen molar-refractivity contribution in [1.82, 2.24) is 9.66 Å². The second kappa shape index (κ2) is 11.7. The van der Waals surface area contributed by atoms with E-state index in [-0.39, 0.29) is 29.5 Å². The number of nitriles is 1. The SMILES string of the molecule is CC[C@@H](C)c1nc2ccc(Br)cc2c(=O)n1N=Cc1cc(Br)c(OCc2ccccc2C#N)c([N+](=O)[O-])c1. The van der Waals surface area contributed by atoms with Crippen LogP contribution in [0.1, 0.15) is 48.7 Å². The zero-order chi connectivity index (χ0) is 27.4. The van der Waals surface area contributed by atoms with E-state index in [4.69, 9.17) is 4.74 Å². The molecule has 0 saturated heterocycles. The monoisotopic (exact) mass is 637 g/mol. The van der Waals surface area contributed by atoms with Gasteiger partial charge in [-0.1, -0.05) is 48.0 Å². The van der Waals surface area contributed by atoms with Crippen LogP contribution in [-0.4, -0.2) is 20.8 Å². The molecule has 11 heteroatoms. The van der Waals surface area contributed by atoms with E-state index in [0.29, 0.717) is 37.9 Å². The number of nitrogens with zero attached hydrogens (tertiary/aromatic N) is 5. The molecule has 9 nitrogen and oxygen atoms in total. The number of hydrogen-bond acceptors (Lipinski definition) is 7. The molecule has 1 aromatic heterocycles. The van der Waals surface area contributed by atoms with Crippen molar-refractivity contribution in [3.63, 3.8) is 0 Å². The predicted molar refractivity (Wildman–Crippen MR) is 152 cm³/mol. The van der Waals surface area contributed by atoms with Crippen molar-refractivity contribution in [2.75, 3.05) is 0 Å². The molecule has 0 aliphatic carbocycles. The van der Waals surface area contributed by atoms with Crippen molar-refractivity contribution in [3.8, 4) is 11.8 Å². The minimum Gasteiger partial charge on any atom is -0.481 e. The summed E-state index contributed by atoms with van der Waals surface area (Å²) in [6.45, 7) is 3.92. The number of ether oxygens (including phenoxy) is 1. The smallest absolute Gasteiger partial charge is 0.312 e. The highest BCUT2D eigenvalue weighted by Gasteiger charge is 2.21. The Bertz CT molecular complexity index is 1680. The second-order valence-electron chi connectivity index (χ2n) is 8.47. The van der Waals surface area contributed by atoms with E-state index in [0.717, 1.165) is 10.9 Å².